The van der Waals surface area contributed by atoms with E-state index in [1.165, 1.54) is 0 Å². The van der Waals surface area contributed by atoms with E-state index in [9.17, 15) is 19.2 Å². The highest BCUT2D eigenvalue weighted by Crippen LogP contribution is 2.38. The first-order chi connectivity index (χ1) is 17.8. The van der Waals surface area contributed by atoms with Gasteiger partial charge < -0.3 is 20.3 Å². The number of carbonyl (C=O) groups excluding carboxylic acids is 4. The van der Waals surface area contributed by atoms with Crippen LogP contribution in [0.1, 0.15) is 94.4 Å². The van der Waals surface area contributed by atoms with Crippen molar-refractivity contribution in [1.29, 1.82) is 0 Å². The second kappa shape index (κ2) is 13.0. The van der Waals surface area contributed by atoms with Gasteiger partial charge in [-0.3, -0.25) is 19.2 Å². The summed E-state index contributed by atoms with van der Waals surface area (Å²) < 4.78 is 6.11. The average Bonchev–Trinajstić information content (AvgIpc) is 3.06. The van der Waals surface area contributed by atoms with Gasteiger partial charge in [0.05, 0.1) is 18.6 Å². The van der Waals surface area contributed by atoms with Crippen LogP contribution in [0.15, 0.2) is 12.3 Å². The number of carbonyl (C=O) groups is 4. The minimum Gasteiger partial charge on any atom is -0.374 e. The summed E-state index contributed by atoms with van der Waals surface area (Å²) in [5, 5.41) is 5.97. The van der Waals surface area contributed by atoms with Gasteiger partial charge in [0, 0.05) is 54.4 Å². The quantitative estimate of drug-likeness (QED) is 0.334. The predicted molar refractivity (Wildman–Crippen MR) is 154 cm³/mol. The second-order valence-corrected chi connectivity index (χ2v) is 14.5. The van der Waals surface area contributed by atoms with Crippen LogP contribution in [0.5, 0.6) is 0 Å². The second-order valence-electron chi connectivity index (χ2n) is 14.5. The van der Waals surface area contributed by atoms with Crippen molar-refractivity contribution in [2.45, 2.75) is 100 Å². The number of likely N-dealkylation sites (tertiary alicyclic amines) is 1. The lowest BCUT2D eigenvalue weighted by Gasteiger charge is -2.38. The van der Waals surface area contributed by atoms with Crippen LogP contribution < -0.4 is 10.6 Å². The van der Waals surface area contributed by atoms with Crippen LogP contribution in [-0.2, 0) is 23.9 Å². The number of hydrogen-bond donors (Lipinski definition) is 2. The van der Waals surface area contributed by atoms with Gasteiger partial charge in [-0.05, 0) is 44.9 Å². The summed E-state index contributed by atoms with van der Waals surface area (Å²) >= 11 is 0. The Morgan fingerprint density at radius 2 is 1.64 bits per heavy atom. The molecule has 8 heteroatoms. The van der Waals surface area contributed by atoms with E-state index in [2.05, 4.69) is 17.2 Å². The fourth-order valence-corrected chi connectivity index (χ4v) is 5.17. The number of nitrogens with one attached hydrogen (secondary N) is 2. The van der Waals surface area contributed by atoms with E-state index in [4.69, 9.17) is 4.74 Å². The van der Waals surface area contributed by atoms with E-state index in [-0.39, 0.29) is 59.1 Å². The Kier molecular flexibility index (Phi) is 11.0. The maximum atomic E-state index is 12.6. The molecule has 1 heterocycles. The maximum absolute atomic E-state index is 12.6. The number of ketones is 1. The summed E-state index contributed by atoms with van der Waals surface area (Å²) in [6, 6.07) is 0. The van der Waals surface area contributed by atoms with Crippen LogP contribution in [0.3, 0.4) is 0 Å². The average molecular weight is 548 g/mol. The Morgan fingerprint density at radius 3 is 2.18 bits per heavy atom. The van der Waals surface area contributed by atoms with Crippen molar-refractivity contribution in [3.05, 3.63) is 12.3 Å². The normalized spacial score (nSPS) is 22.2. The van der Waals surface area contributed by atoms with Crippen molar-refractivity contribution in [3.63, 3.8) is 0 Å². The third-order valence-corrected chi connectivity index (χ3v) is 7.93. The minimum absolute atomic E-state index is 0.0447. The third kappa shape index (κ3) is 10.0. The highest BCUT2D eigenvalue weighted by atomic mass is 16.5. The molecule has 0 aromatic carbocycles. The van der Waals surface area contributed by atoms with Crippen molar-refractivity contribution in [3.8, 4) is 0 Å². The lowest BCUT2D eigenvalue weighted by atomic mass is 9.67. The Morgan fingerprint density at radius 1 is 1.03 bits per heavy atom. The van der Waals surface area contributed by atoms with Gasteiger partial charge in [-0.15, -0.1) is 0 Å². The van der Waals surface area contributed by atoms with Crippen LogP contribution in [-0.4, -0.2) is 60.2 Å². The molecule has 1 aliphatic carbocycles. The Balaban J connectivity index is 1.66. The molecule has 1 saturated carbocycles. The number of nitrogens with zero attached hydrogens (tertiary/aromatic N) is 1. The predicted octanol–water partition coefficient (Wildman–Crippen LogP) is 4.48. The van der Waals surface area contributed by atoms with Gasteiger partial charge in [0.2, 0.25) is 17.7 Å². The first-order valence-electron chi connectivity index (χ1n) is 14.5. The van der Waals surface area contributed by atoms with Gasteiger partial charge in [-0.25, -0.2) is 0 Å². The topological polar surface area (TPSA) is 105 Å². The molecule has 1 saturated heterocycles. The molecule has 0 radical (unpaired) electrons. The molecule has 39 heavy (non-hydrogen) atoms. The van der Waals surface area contributed by atoms with Crippen LogP contribution in [0.2, 0.25) is 0 Å². The fourth-order valence-electron chi connectivity index (χ4n) is 5.17. The van der Waals surface area contributed by atoms with Crippen molar-refractivity contribution >= 4 is 23.5 Å². The molecule has 222 valence electrons. The number of amides is 3. The maximum Gasteiger partial charge on any atom is 0.230 e. The zero-order chi connectivity index (χ0) is 29.8. The van der Waals surface area contributed by atoms with Crippen molar-refractivity contribution in [1.82, 2.24) is 15.5 Å². The SMILES string of the molecule is C=C1CC(C(C)C)C(=O)N1CCC(=O)NCC(C)(C)COC(C)(C)CC(=O)NCC1CC(C(=O)C(C)(C)C)C1. The van der Waals surface area contributed by atoms with E-state index in [1.54, 1.807) is 4.90 Å². The van der Waals surface area contributed by atoms with Crippen molar-refractivity contribution in [2.75, 3.05) is 26.2 Å². The van der Waals surface area contributed by atoms with Crippen LogP contribution in [0.25, 0.3) is 0 Å². The van der Waals surface area contributed by atoms with E-state index in [1.807, 2.05) is 62.3 Å². The molecular formula is C31H53N3O5. The number of allylic oxidation sites excluding steroid dienone is 1. The molecule has 2 aliphatic rings. The molecular weight excluding hydrogens is 494 g/mol. The number of ether oxygens (including phenoxy) is 1. The number of rotatable bonds is 14. The summed E-state index contributed by atoms with van der Waals surface area (Å²) in [5.74, 6) is 0.888. The molecule has 1 atom stereocenters. The molecule has 0 bridgehead atoms. The van der Waals surface area contributed by atoms with Gasteiger partial charge >= 0.3 is 0 Å². The highest BCUT2D eigenvalue weighted by molar-refractivity contribution is 5.87. The van der Waals surface area contributed by atoms with Gasteiger partial charge in [-0.1, -0.05) is 55.0 Å². The summed E-state index contributed by atoms with van der Waals surface area (Å²) in [6.07, 6.45) is 2.81. The molecule has 0 aromatic heterocycles. The standard InChI is InChI=1S/C31H53N3O5/c1-20(2)24-13-21(3)34(28(24)38)12-11-25(35)33-18-30(7,8)19-39-31(9,10)16-26(36)32-17-22-14-23(15-22)27(37)29(4,5)6/h20,22-24H,3,11-19H2,1-2,4-10H3,(H,32,36)(H,33,35). The lowest BCUT2D eigenvalue weighted by Crippen LogP contribution is -2.44. The molecule has 0 aromatic rings. The van der Waals surface area contributed by atoms with Crippen molar-refractivity contribution < 1.29 is 23.9 Å². The van der Waals surface area contributed by atoms with Crippen LogP contribution in [0, 0.1) is 34.5 Å². The third-order valence-electron chi connectivity index (χ3n) is 7.93. The lowest BCUT2D eigenvalue weighted by molar-refractivity contribution is -0.135. The molecule has 2 fully saturated rings. The van der Waals surface area contributed by atoms with E-state index < -0.39 is 5.60 Å². The first kappa shape index (κ1) is 33.0. The molecule has 3 amide bonds. The Labute approximate surface area is 236 Å². The molecule has 1 aliphatic heterocycles. The summed E-state index contributed by atoms with van der Waals surface area (Å²) in [6.45, 7) is 23.5. The van der Waals surface area contributed by atoms with Crippen molar-refractivity contribution in [2.24, 2.45) is 34.5 Å². The summed E-state index contributed by atoms with van der Waals surface area (Å²) in [4.78, 5) is 51.6. The zero-order valence-electron chi connectivity index (χ0n) is 25.9. The van der Waals surface area contributed by atoms with Gasteiger partial charge in [0.1, 0.15) is 5.78 Å². The first-order valence-corrected chi connectivity index (χ1v) is 14.5. The van der Waals surface area contributed by atoms with E-state index >= 15 is 0 Å². The number of Topliss-reactive ketones (excluding diaryl/α,β-unsaturated/α-hetero) is 1. The van der Waals surface area contributed by atoms with Gasteiger partial charge in [0.15, 0.2) is 0 Å². The Hall–Kier alpha value is -2.22. The zero-order valence-corrected chi connectivity index (χ0v) is 25.9. The molecule has 1 unspecified atom stereocenters. The monoisotopic (exact) mass is 547 g/mol. The summed E-state index contributed by atoms with van der Waals surface area (Å²) in [5.41, 5.74) is -0.504. The molecule has 2 N–H and O–H groups in total. The fraction of sp³-hybridized carbons (Fsp3) is 0.806. The smallest absolute Gasteiger partial charge is 0.230 e. The van der Waals surface area contributed by atoms with E-state index in [0.29, 0.717) is 44.4 Å². The van der Waals surface area contributed by atoms with Gasteiger partial charge in [0.25, 0.3) is 0 Å². The van der Waals surface area contributed by atoms with Gasteiger partial charge in [-0.2, -0.15) is 0 Å². The largest absolute Gasteiger partial charge is 0.374 e. The minimum atomic E-state index is -0.654. The highest BCUT2D eigenvalue weighted by Gasteiger charge is 2.39. The van der Waals surface area contributed by atoms with E-state index in [0.717, 1.165) is 18.5 Å². The molecule has 2 rings (SSSR count). The Bertz CT molecular complexity index is 925. The molecule has 8 nitrogen and oxygen atoms in total. The van der Waals surface area contributed by atoms with Crippen LogP contribution >= 0.6 is 0 Å². The number of hydrogen-bond acceptors (Lipinski definition) is 5. The molecule has 0 spiro atoms. The summed E-state index contributed by atoms with van der Waals surface area (Å²) in [7, 11) is 0. The van der Waals surface area contributed by atoms with Crippen LogP contribution in [0.4, 0.5) is 0 Å².